The van der Waals surface area contributed by atoms with Crippen molar-refractivity contribution in [3.05, 3.63) is 11.9 Å². The van der Waals surface area contributed by atoms with Crippen LogP contribution in [0.1, 0.15) is 25.5 Å². The lowest BCUT2D eigenvalue weighted by Gasteiger charge is -2.39. The molecule has 15 heavy (non-hydrogen) atoms. The van der Waals surface area contributed by atoms with Gasteiger partial charge in [0.2, 0.25) is 0 Å². The van der Waals surface area contributed by atoms with Crippen LogP contribution in [0.4, 0.5) is 4.39 Å². The Hall–Kier alpha value is -1.10. The van der Waals surface area contributed by atoms with E-state index in [4.69, 9.17) is 10.5 Å². The number of rotatable bonds is 3. The van der Waals surface area contributed by atoms with Crippen LogP contribution in [0, 0.1) is 0 Å². The number of aromatic nitrogens is 2. The molecule has 1 fully saturated rings. The summed E-state index contributed by atoms with van der Waals surface area (Å²) in [6, 6.07) is -0.0417. The van der Waals surface area contributed by atoms with Crippen molar-refractivity contribution in [2.24, 2.45) is 5.73 Å². The molecule has 4 nitrogen and oxygen atoms in total. The molecule has 1 aliphatic rings. The van der Waals surface area contributed by atoms with Crippen molar-refractivity contribution in [2.75, 3.05) is 7.11 Å². The van der Waals surface area contributed by atoms with Gasteiger partial charge >= 0.3 is 0 Å². The number of ether oxygens (including phenoxy) is 1. The van der Waals surface area contributed by atoms with Crippen molar-refractivity contribution in [1.82, 2.24) is 9.78 Å². The van der Waals surface area contributed by atoms with Gasteiger partial charge in [0.25, 0.3) is 0 Å². The highest BCUT2D eigenvalue weighted by Crippen LogP contribution is 2.47. The van der Waals surface area contributed by atoms with E-state index >= 15 is 0 Å². The fourth-order valence-electron chi connectivity index (χ4n) is 2.17. The number of hydrogen-bond donors (Lipinski definition) is 1. The second-order valence-electron chi connectivity index (χ2n) is 4.01. The average Bonchev–Trinajstić information content (AvgIpc) is 2.58. The summed E-state index contributed by atoms with van der Waals surface area (Å²) in [5.74, 6) is 0.520. The molecule has 0 unspecified atom stereocenters. The largest absolute Gasteiger partial charge is 0.493 e. The lowest BCUT2D eigenvalue weighted by molar-refractivity contribution is 0.0287. The summed E-state index contributed by atoms with van der Waals surface area (Å²) >= 11 is 0. The summed E-state index contributed by atoms with van der Waals surface area (Å²) in [5, 5.41) is 4.09. The molecule has 0 radical (unpaired) electrons. The van der Waals surface area contributed by atoms with Gasteiger partial charge in [0.05, 0.1) is 13.3 Å². The number of hydrogen-bond acceptors (Lipinski definition) is 3. The summed E-state index contributed by atoms with van der Waals surface area (Å²) in [5.41, 5.74) is 4.82. The Morgan fingerprint density at radius 1 is 1.73 bits per heavy atom. The van der Waals surface area contributed by atoms with Gasteiger partial charge in [-0.1, -0.05) is 0 Å². The van der Waals surface area contributed by atoms with E-state index in [-0.39, 0.29) is 6.04 Å². The van der Waals surface area contributed by atoms with E-state index in [0.717, 1.165) is 0 Å². The summed E-state index contributed by atoms with van der Waals surface area (Å²) in [4.78, 5) is 0. The maximum atomic E-state index is 14.4. The zero-order valence-corrected chi connectivity index (χ0v) is 9.03. The summed E-state index contributed by atoms with van der Waals surface area (Å²) in [6.07, 6.45) is 2.27. The number of alkyl halides is 1. The predicted octanol–water partition coefficient (Wildman–Crippen LogP) is 1.20. The van der Waals surface area contributed by atoms with Crippen molar-refractivity contribution in [3.63, 3.8) is 0 Å². The van der Waals surface area contributed by atoms with Crippen LogP contribution in [0.2, 0.25) is 0 Å². The molecule has 0 aromatic carbocycles. The number of nitrogens with zero attached hydrogens (tertiary/aromatic N) is 2. The number of halogens is 1. The minimum absolute atomic E-state index is 0.0417. The highest BCUT2D eigenvalue weighted by atomic mass is 19.1. The molecule has 0 saturated heterocycles. The van der Waals surface area contributed by atoms with Gasteiger partial charge in [-0.2, -0.15) is 5.10 Å². The third-order valence-electron chi connectivity index (χ3n) is 2.92. The van der Waals surface area contributed by atoms with Crippen LogP contribution in [0.5, 0.6) is 5.75 Å². The lowest BCUT2D eigenvalue weighted by Crippen LogP contribution is -2.47. The molecule has 1 heterocycles. The molecular formula is C10H16FN3O. The first-order valence-electron chi connectivity index (χ1n) is 5.15. The van der Waals surface area contributed by atoms with Crippen LogP contribution < -0.4 is 10.5 Å². The first-order valence-corrected chi connectivity index (χ1v) is 5.15. The molecule has 2 rings (SSSR count). The van der Waals surface area contributed by atoms with E-state index in [1.807, 2.05) is 6.92 Å². The average molecular weight is 213 g/mol. The van der Waals surface area contributed by atoms with E-state index in [2.05, 4.69) is 5.10 Å². The van der Waals surface area contributed by atoms with Gasteiger partial charge in [0.1, 0.15) is 5.69 Å². The highest BCUT2D eigenvalue weighted by Gasteiger charge is 2.48. The Kier molecular flexibility index (Phi) is 2.42. The van der Waals surface area contributed by atoms with Crippen LogP contribution in [0.3, 0.4) is 0 Å². The quantitative estimate of drug-likeness (QED) is 0.820. The zero-order chi connectivity index (χ0) is 11.1. The Morgan fingerprint density at radius 2 is 2.40 bits per heavy atom. The minimum atomic E-state index is -1.35. The molecule has 5 heteroatoms. The number of aryl methyl sites for hydroxylation is 1. The molecule has 0 spiro atoms. The standard InChI is InChI=1S/C10H16FN3O/c1-3-14-9(8(15-2)6-13-14)10(11)4-7(12)5-10/h6-7H,3-5,12H2,1-2H3. The molecule has 1 saturated carbocycles. The predicted molar refractivity (Wildman–Crippen MR) is 54.4 cm³/mol. The van der Waals surface area contributed by atoms with Gasteiger partial charge in [0.15, 0.2) is 11.4 Å². The molecule has 1 aromatic rings. The van der Waals surface area contributed by atoms with Crippen molar-refractivity contribution in [3.8, 4) is 5.75 Å². The van der Waals surface area contributed by atoms with Gasteiger partial charge < -0.3 is 10.5 Å². The van der Waals surface area contributed by atoms with Gasteiger partial charge in [-0.15, -0.1) is 0 Å². The first kappa shape index (κ1) is 10.4. The Morgan fingerprint density at radius 3 is 2.87 bits per heavy atom. The highest BCUT2D eigenvalue weighted by molar-refractivity contribution is 5.33. The van der Waals surface area contributed by atoms with Crippen LogP contribution >= 0.6 is 0 Å². The third-order valence-corrected chi connectivity index (χ3v) is 2.92. The fraction of sp³-hybridized carbons (Fsp3) is 0.700. The van der Waals surface area contributed by atoms with E-state index in [0.29, 0.717) is 30.8 Å². The van der Waals surface area contributed by atoms with E-state index in [1.54, 1.807) is 10.9 Å². The molecule has 0 aliphatic heterocycles. The molecule has 0 bridgehead atoms. The van der Waals surface area contributed by atoms with Gasteiger partial charge in [-0.25, -0.2) is 4.39 Å². The lowest BCUT2D eigenvalue weighted by atomic mass is 9.75. The number of nitrogens with two attached hydrogens (primary N) is 1. The molecular weight excluding hydrogens is 197 g/mol. The third kappa shape index (κ3) is 1.51. The monoisotopic (exact) mass is 213 g/mol. The molecule has 1 aromatic heterocycles. The smallest absolute Gasteiger partial charge is 0.163 e. The minimum Gasteiger partial charge on any atom is -0.493 e. The normalized spacial score (nSPS) is 30.0. The number of methoxy groups -OCH3 is 1. The Labute approximate surface area is 88.2 Å². The topological polar surface area (TPSA) is 53.1 Å². The summed E-state index contributed by atoms with van der Waals surface area (Å²) < 4.78 is 21.2. The van der Waals surface area contributed by atoms with Crippen LogP contribution in [0.15, 0.2) is 6.20 Å². The molecule has 0 atom stereocenters. The van der Waals surface area contributed by atoms with Gasteiger partial charge in [0, 0.05) is 25.4 Å². The van der Waals surface area contributed by atoms with Gasteiger partial charge in [-0.05, 0) is 6.92 Å². The Bertz CT molecular complexity index is 336. The van der Waals surface area contributed by atoms with Crippen LogP contribution in [0.25, 0.3) is 0 Å². The molecule has 2 N–H and O–H groups in total. The maximum absolute atomic E-state index is 14.4. The molecule has 0 amide bonds. The van der Waals surface area contributed by atoms with E-state index < -0.39 is 5.67 Å². The second kappa shape index (κ2) is 3.48. The summed E-state index contributed by atoms with van der Waals surface area (Å²) in [7, 11) is 1.53. The van der Waals surface area contributed by atoms with Crippen molar-refractivity contribution < 1.29 is 9.13 Å². The van der Waals surface area contributed by atoms with Crippen molar-refractivity contribution >= 4 is 0 Å². The Balaban J connectivity index is 2.37. The maximum Gasteiger partial charge on any atom is 0.163 e. The van der Waals surface area contributed by atoms with Gasteiger partial charge in [-0.3, -0.25) is 4.68 Å². The second-order valence-corrected chi connectivity index (χ2v) is 4.01. The molecule has 1 aliphatic carbocycles. The SMILES string of the molecule is CCn1ncc(OC)c1C1(F)CC(N)C1. The van der Waals surface area contributed by atoms with Crippen LogP contribution in [-0.2, 0) is 12.2 Å². The van der Waals surface area contributed by atoms with E-state index in [1.165, 1.54) is 7.11 Å². The summed E-state index contributed by atoms with van der Waals surface area (Å²) in [6.45, 7) is 2.57. The van der Waals surface area contributed by atoms with Crippen molar-refractivity contribution in [1.29, 1.82) is 0 Å². The molecule has 84 valence electrons. The first-order chi connectivity index (χ1) is 7.10. The van der Waals surface area contributed by atoms with E-state index in [9.17, 15) is 4.39 Å². The van der Waals surface area contributed by atoms with Crippen LogP contribution in [-0.4, -0.2) is 22.9 Å². The fourth-order valence-corrected chi connectivity index (χ4v) is 2.17. The van der Waals surface area contributed by atoms with Crippen molar-refractivity contribution in [2.45, 2.75) is 38.0 Å². The zero-order valence-electron chi connectivity index (χ0n) is 9.03.